The summed E-state index contributed by atoms with van der Waals surface area (Å²) in [5.74, 6) is -0.997. The molecular weight excluding hydrogens is 424 g/mol. The van der Waals surface area contributed by atoms with Gasteiger partial charge in [0.25, 0.3) is 11.8 Å². The SMILES string of the molecule is CNC(=O)c1c(NC(=O)c2ccc(S(=O)(=O)c3ccccc3)o2)sc2c1CCCC2. The maximum absolute atomic E-state index is 12.7. The molecule has 0 unspecified atom stereocenters. The summed E-state index contributed by atoms with van der Waals surface area (Å²) >= 11 is 1.39. The molecule has 0 saturated carbocycles. The van der Waals surface area contributed by atoms with Gasteiger partial charge in [-0.05, 0) is 55.5 Å². The van der Waals surface area contributed by atoms with E-state index in [-0.39, 0.29) is 21.7 Å². The molecular formula is C21H20N2O5S2. The number of amides is 2. The summed E-state index contributed by atoms with van der Waals surface area (Å²) in [5, 5.41) is 5.51. The van der Waals surface area contributed by atoms with Gasteiger partial charge >= 0.3 is 0 Å². The minimum Gasteiger partial charge on any atom is -0.439 e. The molecule has 0 saturated heterocycles. The van der Waals surface area contributed by atoms with E-state index in [9.17, 15) is 18.0 Å². The van der Waals surface area contributed by atoms with Gasteiger partial charge in [0.05, 0.1) is 10.5 Å². The van der Waals surface area contributed by atoms with Crippen molar-refractivity contribution in [2.45, 2.75) is 35.7 Å². The quantitative estimate of drug-likeness (QED) is 0.625. The third-order valence-electron chi connectivity index (χ3n) is 4.98. The number of carbonyl (C=O) groups excluding carboxylic acids is 2. The Bertz CT molecular complexity index is 1210. The van der Waals surface area contributed by atoms with Gasteiger partial charge in [0.2, 0.25) is 14.9 Å². The van der Waals surface area contributed by atoms with Crippen molar-refractivity contribution in [3.8, 4) is 0 Å². The number of anilines is 1. The lowest BCUT2D eigenvalue weighted by Gasteiger charge is -2.12. The predicted octanol–water partition coefficient (Wildman–Crippen LogP) is 3.66. The highest BCUT2D eigenvalue weighted by molar-refractivity contribution is 7.91. The first-order valence-corrected chi connectivity index (χ1v) is 11.8. The summed E-state index contributed by atoms with van der Waals surface area (Å²) < 4.78 is 30.7. The van der Waals surface area contributed by atoms with E-state index in [1.807, 2.05) is 0 Å². The Morgan fingerprint density at radius 2 is 1.73 bits per heavy atom. The molecule has 2 N–H and O–H groups in total. The highest BCUT2D eigenvalue weighted by atomic mass is 32.2. The van der Waals surface area contributed by atoms with E-state index in [0.29, 0.717) is 10.6 Å². The van der Waals surface area contributed by atoms with Crippen LogP contribution in [0, 0.1) is 0 Å². The van der Waals surface area contributed by atoms with Crippen LogP contribution in [0.5, 0.6) is 0 Å². The first-order chi connectivity index (χ1) is 14.4. The highest BCUT2D eigenvalue weighted by Crippen LogP contribution is 2.38. The molecule has 2 amide bonds. The van der Waals surface area contributed by atoms with Crippen molar-refractivity contribution >= 4 is 38.0 Å². The zero-order valence-electron chi connectivity index (χ0n) is 16.2. The second kappa shape index (κ2) is 8.08. The molecule has 1 aromatic carbocycles. The molecule has 1 aliphatic rings. The number of carbonyl (C=O) groups is 2. The number of nitrogens with one attached hydrogen (secondary N) is 2. The second-order valence-corrected chi connectivity index (χ2v) is 9.87. The van der Waals surface area contributed by atoms with E-state index in [1.54, 1.807) is 25.2 Å². The number of hydrogen-bond donors (Lipinski definition) is 2. The van der Waals surface area contributed by atoms with Crippen molar-refractivity contribution in [1.82, 2.24) is 5.32 Å². The van der Waals surface area contributed by atoms with Crippen molar-refractivity contribution in [2.24, 2.45) is 0 Å². The first kappa shape index (κ1) is 20.4. The number of aryl methyl sites for hydroxylation is 1. The molecule has 156 valence electrons. The molecule has 7 nitrogen and oxygen atoms in total. The summed E-state index contributed by atoms with van der Waals surface area (Å²) in [5.41, 5.74) is 1.46. The Morgan fingerprint density at radius 3 is 2.47 bits per heavy atom. The van der Waals surface area contributed by atoms with Gasteiger partial charge in [-0.15, -0.1) is 11.3 Å². The summed E-state index contributed by atoms with van der Waals surface area (Å²) in [6.45, 7) is 0. The van der Waals surface area contributed by atoms with Crippen LogP contribution in [0.3, 0.4) is 0 Å². The van der Waals surface area contributed by atoms with Gasteiger partial charge in [0.15, 0.2) is 5.76 Å². The van der Waals surface area contributed by atoms with Crippen LogP contribution in [0.15, 0.2) is 56.9 Å². The van der Waals surface area contributed by atoms with Gasteiger partial charge in [-0.25, -0.2) is 8.42 Å². The molecule has 4 rings (SSSR count). The molecule has 0 bridgehead atoms. The molecule has 0 radical (unpaired) electrons. The lowest BCUT2D eigenvalue weighted by Crippen LogP contribution is -2.22. The monoisotopic (exact) mass is 444 g/mol. The number of benzene rings is 1. The molecule has 0 fully saturated rings. The summed E-state index contributed by atoms with van der Waals surface area (Å²) in [6.07, 6.45) is 3.72. The van der Waals surface area contributed by atoms with E-state index in [4.69, 9.17) is 4.42 Å². The van der Waals surface area contributed by atoms with Gasteiger partial charge in [-0.3, -0.25) is 9.59 Å². The van der Waals surface area contributed by atoms with Crippen LogP contribution in [0.2, 0.25) is 0 Å². The average molecular weight is 445 g/mol. The van der Waals surface area contributed by atoms with Crippen LogP contribution >= 0.6 is 11.3 Å². The third kappa shape index (κ3) is 3.66. The fourth-order valence-electron chi connectivity index (χ4n) is 3.49. The molecule has 0 aliphatic heterocycles. The van der Waals surface area contributed by atoms with Crippen LogP contribution < -0.4 is 10.6 Å². The van der Waals surface area contributed by atoms with Crippen LogP contribution in [0.4, 0.5) is 5.00 Å². The highest BCUT2D eigenvalue weighted by Gasteiger charge is 2.28. The summed E-state index contributed by atoms with van der Waals surface area (Å²) in [6, 6.07) is 10.4. The fourth-order valence-corrected chi connectivity index (χ4v) is 5.96. The smallest absolute Gasteiger partial charge is 0.292 e. The van der Waals surface area contributed by atoms with Crippen LogP contribution in [0.1, 0.15) is 44.2 Å². The van der Waals surface area contributed by atoms with Gasteiger partial charge < -0.3 is 15.1 Å². The number of rotatable bonds is 5. The molecule has 2 heterocycles. The molecule has 1 aliphatic carbocycles. The lowest BCUT2D eigenvalue weighted by molar-refractivity contribution is 0.0963. The topological polar surface area (TPSA) is 105 Å². The van der Waals surface area contributed by atoms with Crippen molar-refractivity contribution < 1.29 is 22.4 Å². The Labute approximate surface area is 178 Å². The Balaban J connectivity index is 1.62. The second-order valence-electron chi connectivity index (χ2n) is 6.88. The minimum atomic E-state index is -3.86. The van der Waals surface area contributed by atoms with Crippen LogP contribution in [-0.4, -0.2) is 27.3 Å². The normalized spacial score (nSPS) is 13.5. The van der Waals surface area contributed by atoms with Crippen LogP contribution in [0.25, 0.3) is 0 Å². The minimum absolute atomic E-state index is 0.0825. The lowest BCUT2D eigenvalue weighted by atomic mass is 9.95. The molecule has 3 aromatic rings. The van der Waals surface area contributed by atoms with Crippen molar-refractivity contribution in [3.05, 3.63) is 64.2 Å². The number of furan rings is 1. The summed E-state index contributed by atoms with van der Waals surface area (Å²) in [4.78, 5) is 26.3. The predicted molar refractivity (Wildman–Crippen MR) is 113 cm³/mol. The van der Waals surface area contributed by atoms with Crippen molar-refractivity contribution in [2.75, 3.05) is 12.4 Å². The molecule has 9 heteroatoms. The molecule has 2 aromatic heterocycles. The largest absolute Gasteiger partial charge is 0.439 e. The van der Waals surface area contributed by atoms with Crippen LogP contribution in [-0.2, 0) is 22.7 Å². The van der Waals surface area contributed by atoms with E-state index in [0.717, 1.165) is 36.1 Å². The Morgan fingerprint density at radius 1 is 1.00 bits per heavy atom. The average Bonchev–Trinajstić information content (AvgIpc) is 3.39. The number of sulfone groups is 1. The maximum Gasteiger partial charge on any atom is 0.292 e. The van der Waals surface area contributed by atoms with E-state index >= 15 is 0 Å². The Kier molecular flexibility index (Phi) is 5.48. The van der Waals surface area contributed by atoms with Gasteiger partial charge in [-0.2, -0.15) is 0 Å². The number of thiophene rings is 1. The van der Waals surface area contributed by atoms with E-state index < -0.39 is 15.7 Å². The molecule has 0 spiro atoms. The molecule has 30 heavy (non-hydrogen) atoms. The van der Waals surface area contributed by atoms with Gasteiger partial charge in [-0.1, -0.05) is 18.2 Å². The zero-order chi connectivity index (χ0) is 21.3. The van der Waals surface area contributed by atoms with Gasteiger partial charge in [0.1, 0.15) is 5.00 Å². The van der Waals surface area contributed by atoms with Gasteiger partial charge in [0, 0.05) is 11.9 Å². The number of fused-ring (bicyclic) bond motifs is 1. The fraction of sp³-hybridized carbons (Fsp3) is 0.238. The van der Waals surface area contributed by atoms with E-state index in [2.05, 4.69) is 10.6 Å². The summed E-state index contributed by atoms with van der Waals surface area (Å²) in [7, 11) is -2.31. The first-order valence-electron chi connectivity index (χ1n) is 9.49. The Hall–Kier alpha value is -2.91. The standard InChI is InChI=1S/C21H20N2O5S2/c1-22-20(25)18-14-9-5-6-10-16(14)29-21(18)23-19(24)15-11-12-17(28-15)30(26,27)13-7-3-2-4-8-13/h2-4,7-8,11-12H,5-6,9-10H2,1H3,(H,22,25)(H,23,24). The zero-order valence-corrected chi connectivity index (χ0v) is 17.9. The molecule has 0 atom stereocenters. The third-order valence-corrected chi connectivity index (χ3v) is 7.83. The maximum atomic E-state index is 12.7. The van der Waals surface area contributed by atoms with Crippen molar-refractivity contribution in [3.63, 3.8) is 0 Å². The van der Waals surface area contributed by atoms with E-state index in [1.165, 1.54) is 35.6 Å². The van der Waals surface area contributed by atoms with Crippen molar-refractivity contribution in [1.29, 1.82) is 0 Å². The number of hydrogen-bond acceptors (Lipinski definition) is 6.